The van der Waals surface area contributed by atoms with E-state index in [4.69, 9.17) is 0 Å². The van der Waals surface area contributed by atoms with Crippen molar-refractivity contribution >= 4 is 21.7 Å². The van der Waals surface area contributed by atoms with Crippen molar-refractivity contribution in [1.29, 1.82) is 0 Å². The lowest BCUT2D eigenvalue weighted by Crippen LogP contribution is -2.50. The van der Waals surface area contributed by atoms with E-state index in [0.717, 1.165) is 29.9 Å². The van der Waals surface area contributed by atoms with Crippen LogP contribution in [0.3, 0.4) is 0 Å². The van der Waals surface area contributed by atoms with E-state index < -0.39 is 0 Å². The number of aryl methyl sites for hydroxylation is 1. The van der Waals surface area contributed by atoms with Gasteiger partial charge in [0.05, 0.1) is 0 Å². The number of hydrogen-bond acceptors (Lipinski definition) is 3. The molecule has 0 aliphatic carbocycles. The summed E-state index contributed by atoms with van der Waals surface area (Å²) in [6.45, 7) is 7.60. The van der Waals surface area contributed by atoms with Gasteiger partial charge in [-0.15, -0.1) is 0 Å². The van der Waals surface area contributed by atoms with Gasteiger partial charge in [-0.05, 0) is 48.5 Å². The zero-order valence-electron chi connectivity index (χ0n) is 10.1. The molecule has 1 aromatic heterocycles. The van der Waals surface area contributed by atoms with E-state index in [2.05, 4.69) is 57.7 Å². The van der Waals surface area contributed by atoms with E-state index in [1.54, 1.807) is 0 Å². The Kier molecular flexibility index (Phi) is 3.50. The van der Waals surface area contributed by atoms with E-state index in [1.165, 1.54) is 5.56 Å². The van der Waals surface area contributed by atoms with Gasteiger partial charge in [-0.25, -0.2) is 4.98 Å². The standard InChI is InChI=1S/C12H18BrN3/c1-9-6-12(14-7-11(9)13)16-5-4-15(3)10(2)8-16/h6-7,10H,4-5,8H2,1-3H3. The van der Waals surface area contributed by atoms with Crippen LogP contribution in [-0.2, 0) is 0 Å². The maximum absolute atomic E-state index is 4.48. The summed E-state index contributed by atoms with van der Waals surface area (Å²) in [7, 11) is 2.18. The SMILES string of the molecule is Cc1cc(N2CCN(C)C(C)C2)ncc1Br. The predicted octanol–water partition coefficient (Wildman–Crippen LogP) is 2.29. The lowest BCUT2D eigenvalue weighted by molar-refractivity contribution is 0.233. The fraction of sp³-hybridized carbons (Fsp3) is 0.583. The maximum Gasteiger partial charge on any atom is 0.128 e. The van der Waals surface area contributed by atoms with Crippen LogP contribution in [0.4, 0.5) is 5.82 Å². The molecule has 4 heteroatoms. The van der Waals surface area contributed by atoms with Crippen molar-refractivity contribution in [2.24, 2.45) is 0 Å². The van der Waals surface area contributed by atoms with Crippen LogP contribution in [0.2, 0.25) is 0 Å². The summed E-state index contributed by atoms with van der Waals surface area (Å²) in [5.41, 5.74) is 1.25. The Balaban J connectivity index is 2.15. The van der Waals surface area contributed by atoms with E-state index in [1.807, 2.05) is 6.20 Å². The van der Waals surface area contributed by atoms with Crippen LogP contribution in [-0.4, -0.2) is 42.6 Å². The first-order valence-electron chi connectivity index (χ1n) is 5.65. The molecule has 0 saturated carbocycles. The van der Waals surface area contributed by atoms with Crippen molar-refractivity contribution in [2.75, 3.05) is 31.6 Å². The third kappa shape index (κ3) is 2.38. The highest BCUT2D eigenvalue weighted by Crippen LogP contribution is 2.21. The normalized spacial score (nSPS) is 22.5. The number of hydrogen-bond donors (Lipinski definition) is 0. The molecule has 0 amide bonds. The van der Waals surface area contributed by atoms with Gasteiger partial charge in [0.15, 0.2) is 0 Å². The molecule has 1 atom stereocenters. The average molecular weight is 284 g/mol. The molecular formula is C12H18BrN3. The van der Waals surface area contributed by atoms with Crippen LogP contribution >= 0.6 is 15.9 Å². The minimum Gasteiger partial charge on any atom is -0.354 e. The summed E-state index contributed by atoms with van der Waals surface area (Å²) in [5, 5.41) is 0. The number of halogens is 1. The van der Waals surface area contributed by atoms with Crippen LogP contribution in [0.1, 0.15) is 12.5 Å². The van der Waals surface area contributed by atoms with Crippen molar-refractivity contribution in [2.45, 2.75) is 19.9 Å². The van der Waals surface area contributed by atoms with E-state index in [0.29, 0.717) is 6.04 Å². The molecule has 0 spiro atoms. The Labute approximate surface area is 106 Å². The highest BCUT2D eigenvalue weighted by atomic mass is 79.9. The van der Waals surface area contributed by atoms with Crippen molar-refractivity contribution in [3.05, 3.63) is 22.3 Å². The molecule has 0 N–H and O–H groups in total. The smallest absolute Gasteiger partial charge is 0.128 e. The molecule has 0 aromatic carbocycles. The van der Waals surface area contributed by atoms with Gasteiger partial charge >= 0.3 is 0 Å². The zero-order chi connectivity index (χ0) is 11.7. The zero-order valence-corrected chi connectivity index (χ0v) is 11.7. The second-order valence-electron chi connectivity index (χ2n) is 4.57. The molecule has 1 unspecified atom stereocenters. The third-order valence-corrected chi connectivity index (χ3v) is 4.15. The highest BCUT2D eigenvalue weighted by Gasteiger charge is 2.21. The second kappa shape index (κ2) is 4.72. The van der Waals surface area contributed by atoms with Crippen LogP contribution < -0.4 is 4.90 Å². The van der Waals surface area contributed by atoms with Crippen LogP contribution in [0.15, 0.2) is 16.7 Å². The van der Waals surface area contributed by atoms with Crippen LogP contribution in [0.25, 0.3) is 0 Å². The fourth-order valence-electron chi connectivity index (χ4n) is 1.95. The molecule has 1 aliphatic heterocycles. The van der Waals surface area contributed by atoms with Crippen molar-refractivity contribution in [3.8, 4) is 0 Å². The molecule has 1 aliphatic rings. The monoisotopic (exact) mass is 283 g/mol. The highest BCUT2D eigenvalue weighted by molar-refractivity contribution is 9.10. The molecule has 2 heterocycles. The summed E-state index contributed by atoms with van der Waals surface area (Å²) >= 11 is 3.49. The average Bonchev–Trinajstić information content (AvgIpc) is 2.26. The van der Waals surface area contributed by atoms with Gasteiger partial charge in [-0.1, -0.05) is 0 Å². The summed E-state index contributed by atoms with van der Waals surface area (Å²) < 4.78 is 1.08. The van der Waals surface area contributed by atoms with Gasteiger partial charge in [0, 0.05) is 36.3 Å². The minimum absolute atomic E-state index is 0.597. The van der Waals surface area contributed by atoms with E-state index in [9.17, 15) is 0 Å². The Bertz CT molecular complexity index is 381. The predicted molar refractivity (Wildman–Crippen MR) is 71.0 cm³/mol. The van der Waals surface area contributed by atoms with Crippen LogP contribution in [0, 0.1) is 6.92 Å². The van der Waals surface area contributed by atoms with E-state index >= 15 is 0 Å². The molecule has 1 fully saturated rings. The lowest BCUT2D eigenvalue weighted by Gasteiger charge is -2.38. The number of nitrogens with zero attached hydrogens (tertiary/aromatic N) is 3. The number of piperazine rings is 1. The van der Waals surface area contributed by atoms with Gasteiger partial charge in [0.1, 0.15) is 5.82 Å². The number of aromatic nitrogens is 1. The summed E-state index contributed by atoms with van der Waals surface area (Å²) in [5.74, 6) is 1.10. The summed E-state index contributed by atoms with van der Waals surface area (Å²) in [4.78, 5) is 9.24. The van der Waals surface area contributed by atoms with Gasteiger partial charge < -0.3 is 9.80 Å². The summed E-state index contributed by atoms with van der Waals surface area (Å²) in [6, 6.07) is 2.75. The first-order chi connectivity index (χ1) is 7.58. The Hall–Kier alpha value is -0.610. The van der Waals surface area contributed by atoms with Gasteiger partial charge in [0.2, 0.25) is 0 Å². The first-order valence-corrected chi connectivity index (χ1v) is 6.44. The van der Waals surface area contributed by atoms with Crippen molar-refractivity contribution < 1.29 is 0 Å². The Morgan fingerprint density at radius 1 is 1.44 bits per heavy atom. The second-order valence-corrected chi connectivity index (χ2v) is 5.42. The summed E-state index contributed by atoms with van der Waals surface area (Å²) in [6.07, 6.45) is 1.90. The number of pyridine rings is 1. The molecule has 0 bridgehead atoms. The molecule has 16 heavy (non-hydrogen) atoms. The van der Waals surface area contributed by atoms with Gasteiger partial charge in [0.25, 0.3) is 0 Å². The minimum atomic E-state index is 0.597. The van der Waals surface area contributed by atoms with E-state index in [-0.39, 0.29) is 0 Å². The Morgan fingerprint density at radius 2 is 2.19 bits per heavy atom. The van der Waals surface area contributed by atoms with Crippen molar-refractivity contribution in [3.63, 3.8) is 0 Å². The quantitative estimate of drug-likeness (QED) is 0.789. The van der Waals surface area contributed by atoms with Crippen molar-refractivity contribution in [1.82, 2.24) is 9.88 Å². The fourth-order valence-corrected chi connectivity index (χ4v) is 2.17. The lowest BCUT2D eigenvalue weighted by atomic mass is 10.2. The third-order valence-electron chi connectivity index (χ3n) is 3.32. The number of rotatable bonds is 1. The topological polar surface area (TPSA) is 19.4 Å². The number of likely N-dealkylation sites (N-methyl/N-ethyl adjacent to an activating group) is 1. The molecule has 1 aromatic rings. The molecule has 0 radical (unpaired) electrons. The van der Waals surface area contributed by atoms with Gasteiger partial charge in [-0.2, -0.15) is 0 Å². The number of anilines is 1. The molecule has 3 nitrogen and oxygen atoms in total. The molecular weight excluding hydrogens is 266 g/mol. The Morgan fingerprint density at radius 3 is 2.81 bits per heavy atom. The molecule has 88 valence electrons. The largest absolute Gasteiger partial charge is 0.354 e. The van der Waals surface area contributed by atoms with Gasteiger partial charge in [-0.3, -0.25) is 0 Å². The first kappa shape index (κ1) is 11.9. The van der Waals surface area contributed by atoms with Crippen LogP contribution in [0.5, 0.6) is 0 Å². The maximum atomic E-state index is 4.48. The molecule has 1 saturated heterocycles. The molecule has 2 rings (SSSR count).